The number of hydrogen-bond acceptors (Lipinski definition) is 5. The molecule has 1 heterocycles. The van der Waals surface area contributed by atoms with Gasteiger partial charge in [-0.2, -0.15) is 15.0 Å². The molecule has 1 aromatic carbocycles. The van der Waals surface area contributed by atoms with E-state index in [9.17, 15) is 0 Å². The van der Waals surface area contributed by atoms with Crippen molar-refractivity contribution < 1.29 is 0 Å². The number of hydrogen-bond donors (Lipinski definition) is 2. The molecule has 0 aliphatic rings. The first-order chi connectivity index (χ1) is 7.63. The quantitative estimate of drug-likeness (QED) is 0.799. The first-order valence-electron chi connectivity index (χ1n) is 4.95. The number of nitrogens with zero attached hydrogens (tertiary/aromatic N) is 3. The Balaban J connectivity index is 2.23. The number of rotatable bonds is 2. The molecule has 16 heavy (non-hydrogen) atoms. The first kappa shape index (κ1) is 10.4. The average Bonchev–Trinajstić information content (AvgIpc) is 2.20. The van der Waals surface area contributed by atoms with Crippen molar-refractivity contribution in [1.29, 1.82) is 0 Å². The van der Waals surface area contributed by atoms with Gasteiger partial charge in [-0.1, -0.05) is 17.7 Å². The van der Waals surface area contributed by atoms with E-state index in [1.165, 1.54) is 5.56 Å². The zero-order valence-electron chi connectivity index (χ0n) is 9.23. The first-order valence-corrected chi connectivity index (χ1v) is 4.95. The Morgan fingerprint density at radius 2 is 1.69 bits per heavy atom. The van der Waals surface area contributed by atoms with Crippen LogP contribution in [0.15, 0.2) is 24.3 Å². The predicted molar refractivity (Wildman–Crippen MR) is 63.4 cm³/mol. The smallest absolute Gasteiger partial charge is 0.232 e. The topological polar surface area (TPSA) is 76.7 Å². The number of benzene rings is 1. The Hall–Kier alpha value is -2.17. The fourth-order valence-electron chi connectivity index (χ4n) is 1.32. The summed E-state index contributed by atoms with van der Waals surface area (Å²) < 4.78 is 0. The minimum absolute atomic E-state index is 0.224. The number of nitrogens with two attached hydrogens (primary N) is 1. The molecule has 1 aromatic heterocycles. The highest BCUT2D eigenvalue weighted by Gasteiger charge is 2.01. The maximum absolute atomic E-state index is 5.53. The zero-order chi connectivity index (χ0) is 11.5. The molecule has 0 saturated heterocycles. The minimum atomic E-state index is 0.224. The van der Waals surface area contributed by atoms with Crippen LogP contribution in [0.3, 0.4) is 0 Å². The Bertz CT molecular complexity index is 472. The van der Waals surface area contributed by atoms with Gasteiger partial charge in [0, 0.05) is 5.69 Å². The summed E-state index contributed by atoms with van der Waals surface area (Å²) in [5.41, 5.74) is 7.67. The van der Waals surface area contributed by atoms with Crippen LogP contribution in [0.25, 0.3) is 0 Å². The van der Waals surface area contributed by atoms with Gasteiger partial charge in [-0.15, -0.1) is 0 Å². The van der Waals surface area contributed by atoms with E-state index in [4.69, 9.17) is 5.73 Å². The van der Waals surface area contributed by atoms with Crippen LogP contribution >= 0.6 is 0 Å². The van der Waals surface area contributed by atoms with Gasteiger partial charge in [-0.05, 0) is 26.0 Å². The largest absolute Gasteiger partial charge is 0.368 e. The van der Waals surface area contributed by atoms with Crippen molar-refractivity contribution >= 4 is 17.6 Å². The molecule has 0 aliphatic heterocycles. The zero-order valence-corrected chi connectivity index (χ0v) is 9.23. The van der Waals surface area contributed by atoms with E-state index in [1.54, 1.807) is 6.92 Å². The van der Waals surface area contributed by atoms with Crippen molar-refractivity contribution in [3.8, 4) is 0 Å². The van der Waals surface area contributed by atoms with Gasteiger partial charge in [0.15, 0.2) is 0 Å². The SMILES string of the molecule is Cc1ccc(Nc2nc(C)nc(N)n2)cc1. The lowest BCUT2D eigenvalue weighted by Crippen LogP contribution is -2.04. The number of aryl methyl sites for hydroxylation is 2. The molecule has 0 amide bonds. The van der Waals surface area contributed by atoms with Gasteiger partial charge in [-0.3, -0.25) is 0 Å². The molecule has 5 nitrogen and oxygen atoms in total. The highest BCUT2D eigenvalue weighted by atomic mass is 15.2. The van der Waals surface area contributed by atoms with Crippen molar-refractivity contribution in [2.24, 2.45) is 0 Å². The Labute approximate surface area is 93.8 Å². The highest BCUT2D eigenvalue weighted by molar-refractivity contribution is 5.54. The van der Waals surface area contributed by atoms with Gasteiger partial charge in [0.25, 0.3) is 0 Å². The minimum Gasteiger partial charge on any atom is -0.368 e. The summed E-state index contributed by atoms with van der Waals surface area (Å²) in [7, 11) is 0. The monoisotopic (exact) mass is 215 g/mol. The third-order valence-electron chi connectivity index (χ3n) is 2.07. The summed E-state index contributed by atoms with van der Waals surface area (Å²) in [5, 5.41) is 3.07. The van der Waals surface area contributed by atoms with Crippen LogP contribution in [0.2, 0.25) is 0 Å². The normalized spacial score (nSPS) is 10.1. The lowest BCUT2D eigenvalue weighted by molar-refractivity contribution is 0.995. The van der Waals surface area contributed by atoms with E-state index in [-0.39, 0.29) is 5.95 Å². The molecular weight excluding hydrogens is 202 g/mol. The summed E-state index contributed by atoms with van der Waals surface area (Å²) in [5.74, 6) is 1.29. The average molecular weight is 215 g/mol. The standard InChI is InChI=1S/C11H13N5/c1-7-3-5-9(6-4-7)15-11-14-8(2)13-10(12)16-11/h3-6H,1-2H3,(H3,12,13,14,15,16). The third-order valence-corrected chi connectivity index (χ3v) is 2.07. The second kappa shape index (κ2) is 4.14. The summed E-state index contributed by atoms with van der Waals surface area (Å²) in [6.45, 7) is 3.81. The number of nitrogen functional groups attached to an aromatic ring is 1. The van der Waals surface area contributed by atoms with Gasteiger partial charge < -0.3 is 11.1 Å². The van der Waals surface area contributed by atoms with E-state index in [2.05, 4.69) is 20.3 Å². The molecule has 0 atom stereocenters. The van der Waals surface area contributed by atoms with Crippen molar-refractivity contribution in [2.45, 2.75) is 13.8 Å². The number of nitrogens with one attached hydrogen (secondary N) is 1. The third kappa shape index (κ3) is 2.44. The maximum atomic E-state index is 5.53. The molecule has 3 N–H and O–H groups in total. The van der Waals surface area contributed by atoms with E-state index in [1.807, 2.05) is 31.2 Å². The van der Waals surface area contributed by atoms with Crippen LogP contribution in [-0.2, 0) is 0 Å². The molecule has 5 heteroatoms. The molecule has 0 radical (unpaired) electrons. The van der Waals surface area contributed by atoms with Gasteiger partial charge in [0.2, 0.25) is 11.9 Å². The fraction of sp³-hybridized carbons (Fsp3) is 0.182. The van der Waals surface area contributed by atoms with Crippen molar-refractivity contribution in [3.05, 3.63) is 35.7 Å². The van der Waals surface area contributed by atoms with Gasteiger partial charge in [0.1, 0.15) is 5.82 Å². The molecule has 0 saturated carbocycles. The molecule has 0 fully saturated rings. The molecule has 2 aromatic rings. The summed E-state index contributed by atoms with van der Waals surface area (Å²) >= 11 is 0. The summed E-state index contributed by atoms with van der Waals surface area (Å²) in [6, 6.07) is 7.95. The van der Waals surface area contributed by atoms with Crippen LogP contribution < -0.4 is 11.1 Å². The van der Waals surface area contributed by atoms with Crippen LogP contribution in [0, 0.1) is 13.8 Å². The van der Waals surface area contributed by atoms with Crippen molar-refractivity contribution in [3.63, 3.8) is 0 Å². The summed E-state index contributed by atoms with van der Waals surface area (Å²) in [6.07, 6.45) is 0. The second-order valence-corrected chi connectivity index (χ2v) is 3.56. The van der Waals surface area contributed by atoms with E-state index >= 15 is 0 Å². The molecule has 2 rings (SSSR count). The van der Waals surface area contributed by atoms with Gasteiger partial charge in [0.05, 0.1) is 0 Å². The fourth-order valence-corrected chi connectivity index (χ4v) is 1.32. The molecular formula is C11H13N5. The van der Waals surface area contributed by atoms with Crippen LogP contribution in [0.5, 0.6) is 0 Å². The van der Waals surface area contributed by atoms with Crippen LogP contribution in [0.1, 0.15) is 11.4 Å². The number of anilines is 3. The lowest BCUT2D eigenvalue weighted by Gasteiger charge is -2.05. The van der Waals surface area contributed by atoms with Gasteiger partial charge >= 0.3 is 0 Å². The lowest BCUT2D eigenvalue weighted by atomic mass is 10.2. The van der Waals surface area contributed by atoms with E-state index < -0.39 is 0 Å². The van der Waals surface area contributed by atoms with Gasteiger partial charge in [-0.25, -0.2) is 0 Å². The molecule has 82 valence electrons. The Morgan fingerprint density at radius 3 is 2.31 bits per heavy atom. The van der Waals surface area contributed by atoms with Crippen molar-refractivity contribution in [2.75, 3.05) is 11.1 Å². The maximum Gasteiger partial charge on any atom is 0.232 e. The molecule has 0 aliphatic carbocycles. The number of aromatic nitrogens is 3. The van der Waals surface area contributed by atoms with Crippen LogP contribution in [0.4, 0.5) is 17.6 Å². The van der Waals surface area contributed by atoms with E-state index in [0.29, 0.717) is 11.8 Å². The summed E-state index contributed by atoms with van der Waals surface area (Å²) in [4.78, 5) is 12.0. The Kier molecular flexibility index (Phi) is 2.68. The van der Waals surface area contributed by atoms with Crippen LogP contribution in [-0.4, -0.2) is 15.0 Å². The Morgan fingerprint density at radius 1 is 1.00 bits per heavy atom. The molecule has 0 spiro atoms. The molecule has 0 unspecified atom stereocenters. The molecule has 0 bridgehead atoms. The second-order valence-electron chi connectivity index (χ2n) is 3.56. The van der Waals surface area contributed by atoms with Crippen molar-refractivity contribution in [1.82, 2.24) is 15.0 Å². The predicted octanol–water partition coefficient (Wildman–Crippen LogP) is 1.81. The highest BCUT2D eigenvalue weighted by Crippen LogP contribution is 2.13. The van der Waals surface area contributed by atoms with E-state index in [0.717, 1.165) is 5.69 Å².